The van der Waals surface area contributed by atoms with Crippen LogP contribution in [0.5, 0.6) is 0 Å². The molecule has 5 nitrogen and oxygen atoms in total. The maximum Gasteiger partial charge on any atom is 0.241 e. The van der Waals surface area contributed by atoms with E-state index in [0.717, 1.165) is 26.1 Å². The third kappa shape index (κ3) is 4.85. The van der Waals surface area contributed by atoms with Gasteiger partial charge in [-0.1, -0.05) is 13.8 Å². The number of hydrogen-bond donors (Lipinski definition) is 2. The van der Waals surface area contributed by atoms with Crippen LogP contribution in [0.4, 0.5) is 0 Å². The summed E-state index contributed by atoms with van der Waals surface area (Å²) in [7, 11) is -3.42. The average molecular weight is 305 g/mol. The van der Waals surface area contributed by atoms with Gasteiger partial charge in [-0.3, -0.25) is 0 Å². The van der Waals surface area contributed by atoms with Crippen molar-refractivity contribution in [3.63, 3.8) is 0 Å². The second kappa shape index (κ2) is 7.96. The number of likely N-dealkylation sites (N-methyl/N-ethyl adjacent to an activating group) is 1. The second-order valence-corrected chi connectivity index (χ2v) is 6.98. The fourth-order valence-corrected chi connectivity index (χ4v) is 4.23. The van der Waals surface area contributed by atoms with Crippen LogP contribution >= 0.6 is 11.3 Å². The molecule has 0 saturated carbocycles. The predicted molar refractivity (Wildman–Crippen MR) is 79.8 cm³/mol. The van der Waals surface area contributed by atoms with Crippen LogP contribution in [0.3, 0.4) is 0 Å². The number of nitrogens with zero attached hydrogens (tertiary/aromatic N) is 1. The number of rotatable bonds is 9. The van der Waals surface area contributed by atoms with Gasteiger partial charge in [-0.25, -0.2) is 13.1 Å². The van der Waals surface area contributed by atoms with Crippen molar-refractivity contribution in [3.8, 4) is 0 Å². The zero-order chi connectivity index (χ0) is 14.3. The van der Waals surface area contributed by atoms with Crippen LogP contribution in [0, 0.1) is 0 Å². The Morgan fingerprint density at radius 1 is 1.37 bits per heavy atom. The minimum absolute atomic E-state index is 0.255. The molecular formula is C12H23N3O2S2. The molecule has 3 N–H and O–H groups in total. The first kappa shape index (κ1) is 16.6. The molecule has 0 aromatic carbocycles. The van der Waals surface area contributed by atoms with Gasteiger partial charge in [-0.05, 0) is 31.0 Å². The number of nitrogens with two attached hydrogens (primary N) is 1. The summed E-state index contributed by atoms with van der Waals surface area (Å²) in [5.41, 5.74) is 5.54. The van der Waals surface area contributed by atoms with Crippen molar-refractivity contribution in [2.75, 3.05) is 26.2 Å². The summed E-state index contributed by atoms with van der Waals surface area (Å²) in [6.07, 6.45) is 1.07. The lowest BCUT2D eigenvalue weighted by Gasteiger charge is -2.19. The van der Waals surface area contributed by atoms with E-state index in [1.54, 1.807) is 11.4 Å². The molecule has 0 amide bonds. The van der Waals surface area contributed by atoms with E-state index in [1.807, 2.05) is 0 Å². The molecule has 0 saturated heterocycles. The number of nitrogens with one attached hydrogen (secondary N) is 1. The highest BCUT2D eigenvalue weighted by Crippen LogP contribution is 2.20. The number of thiophene rings is 1. The topological polar surface area (TPSA) is 75.4 Å². The van der Waals surface area contributed by atoms with E-state index in [4.69, 9.17) is 5.73 Å². The molecule has 0 unspecified atom stereocenters. The van der Waals surface area contributed by atoms with Crippen LogP contribution in [0.2, 0.25) is 0 Å². The van der Waals surface area contributed by atoms with E-state index in [2.05, 4.69) is 23.5 Å². The summed E-state index contributed by atoms with van der Waals surface area (Å²) >= 11 is 1.37. The molecule has 19 heavy (non-hydrogen) atoms. The van der Waals surface area contributed by atoms with E-state index in [1.165, 1.54) is 11.3 Å². The van der Waals surface area contributed by atoms with Crippen LogP contribution in [0.25, 0.3) is 0 Å². The molecule has 0 atom stereocenters. The van der Waals surface area contributed by atoms with Crippen molar-refractivity contribution in [3.05, 3.63) is 16.3 Å². The van der Waals surface area contributed by atoms with Crippen molar-refractivity contribution in [1.82, 2.24) is 9.62 Å². The molecule has 1 rings (SSSR count). The molecule has 0 bridgehead atoms. The first-order valence-electron chi connectivity index (χ1n) is 6.53. The Kier molecular flexibility index (Phi) is 6.95. The fourth-order valence-electron chi connectivity index (χ4n) is 1.88. The molecule has 0 aliphatic heterocycles. The van der Waals surface area contributed by atoms with Crippen LogP contribution < -0.4 is 10.5 Å². The second-order valence-electron chi connectivity index (χ2n) is 4.24. The molecule has 0 spiro atoms. The van der Waals surface area contributed by atoms with Gasteiger partial charge in [0, 0.05) is 24.5 Å². The lowest BCUT2D eigenvalue weighted by Crippen LogP contribution is -2.35. The molecule has 0 aliphatic rings. The molecule has 7 heteroatoms. The number of hydrogen-bond acceptors (Lipinski definition) is 5. The van der Waals surface area contributed by atoms with Crippen LogP contribution in [-0.2, 0) is 16.6 Å². The van der Waals surface area contributed by atoms with Crippen molar-refractivity contribution in [1.29, 1.82) is 0 Å². The highest BCUT2D eigenvalue weighted by molar-refractivity contribution is 7.89. The predicted octanol–water partition coefficient (Wildman–Crippen LogP) is 1.22. The summed E-state index contributed by atoms with van der Waals surface area (Å²) in [6, 6.07) is 1.61. The van der Waals surface area contributed by atoms with Gasteiger partial charge >= 0.3 is 0 Å². The highest BCUT2D eigenvalue weighted by Gasteiger charge is 2.18. The Hall–Kier alpha value is -0.470. The Labute approximate surface area is 119 Å². The van der Waals surface area contributed by atoms with Gasteiger partial charge in [-0.2, -0.15) is 0 Å². The highest BCUT2D eigenvalue weighted by atomic mass is 32.2. The smallest absolute Gasteiger partial charge is 0.241 e. The van der Waals surface area contributed by atoms with Crippen LogP contribution in [0.15, 0.2) is 16.3 Å². The normalized spacial score (nSPS) is 12.2. The van der Waals surface area contributed by atoms with Gasteiger partial charge in [0.2, 0.25) is 10.0 Å². The lowest BCUT2D eigenvalue weighted by molar-refractivity contribution is 0.293. The molecule has 0 radical (unpaired) electrons. The molecule has 1 aromatic heterocycles. The van der Waals surface area contributed by atoms with E-state index in [0.29, 0.717) is 16.3 Å². The average Bonchev–Trinajstić information content (AvgIpc) is 2.86. The lowest BCUT2D eigenvalue weighted by atomic mass is 10.4. The zero-order valence-corrected chi connectivity index (χ0v) is 13.2. The molecule has 0 aliphatic carbocycles. The summed E-state index contributed by atoms with van der Waals surface area (Å²) in [6.45, 7) is 7.53. The SMILES string of the molecule is CCCN(CC)CCNS(=O)(=O)c1ccsc1CN. The van der Waals surface area contributed by atoms with Crippen molar-refractivity contribution >= 4 is 21.4 Å². The van der Waals surface area contributed by atoms with E-state index in [-0.39, 0.29) is 6.54 Å². The first-order chi connectivity index (χ1) is 9.05. The van der Waals surface area contributed by atoms with Crippen molar-refractivity contribution in [2.24, 2.45) is 5.73 Å². The minimum atomic E-state index is -3.42. The van der Waals surface area contributed by atoms with Gasteiger partial charge in [-0.15, -0.1) is 11.3 Å². The monoisotopic (exact) mass is 305 g/mol. The Bertz CT molecular complexity index is 471. The number of sulfonamides is 1. The third-order valence-electron chi connectivity index (χ3n) is 2.89. The van der Waals surface area contributed by atoms with E-state index in [9.17, 15) is 8.42 Å². The van der Waals surface area contributed by atoms with Crippen LogP contribution in [0.1, 0.15) is 25.1 Å². The Balaban J connectivity index is 2.56. The summed E-state index contributed by atoms with van der Waals surface area (Å²) in [4.78, 5) is 3.24. The van der Waals surface area contributed by atoms with E-state index < -0.39 is 10.0 Å². The summed E-state index contributed by atoms with van der Waals surface area (Å²) < 4.78 is 26.9. The maximum atomic E-state index is 12.1. The molecule has 1 heterocycles. The van der Waals surface area contributed by atoms with Gasteiger partial charge < -0.3 is 10.6 Å². The van der Waals surface area contributed by atoms with Gasteiger partial charge in [0.05, 0.1) is 4.90 Å². The first-order valence-corrected chi connectivity index (χ1v) is 8.89. The van der Waals surface area contributed by atoms with Gasteiger partial charge in [0.25, 0.3) is 0 Å². The molecule has 1 aromatic rings. The van der Waals surface area contributed by atoms with Crippen LogP contribution in [-0.4, -0.2) is 39.5 Å². The minimum Gasteiger partial charge on any atom is -0.326 e. The third-order valence-corrected chi connectivity index (χ3v) is 5.50. The van der Waals surface area contributed by atoms with Crippen molar-refractivity contribution < 1.29 is 8.42 Å². The largest absolute Gasteiger partial charge is 0.326 e. The molecule has 0 fully saturated rings. The maximum absolute atomic E-state index is 12.1. The zero-order valence-electron chi connectivity index (χ0n) is 11.6. The summed E-state index contributed by atoms with van der Waals surface area (Å²) in [5, 5.41) is 1.76. The standard InChI is InChI=1S/C12H23N3O2S2/c1-3-7-15(4-2)8-6-14-19(16,17)12-5-9-18-11(12)10-13/h5,9,14H,3-4,6-8,10,13H2,1-2H3. The van der Waals surface area contributed by atoms with Crippen molar-refractivity contribution in [2.45, 2.75) is 31.7 Å². The van der Waals surface area contributed by atoms with E-state index >= 15 is 0 Å². The summed E-state index contributed by atoms with van der Waals surface area (Å²) in [5.74, 6) is 0. The van der Waals surface area contributed by atoms with Gasteiger partial charge in [0.15, 0.2) is 0 Å². The fraction of sp³-hybridized carbons (Fsp3) is 0.667. The molecule has 110 valence electrons. The van der Waals surface area contributed by atoms with Gasteiger partial charge in [0.1, 0.15) is 0 Å². The Morgan fingerprint density at radius 3 is 2.68 bits per heavy atom. The quantitative estimate of drug-likeness (QED) is 0.719. The molecular weight excluding hydrogens is 282 g/mol. The Morgan fingerprint density at radius 2 is 2.11 bits per heavy atom.